The molecule has 5 heteroatoms. The highest BCUT2D eigenvalue weighted by atomic mass is 16.5. The maximum Gasteiger partial charge on any atom is 0.271 e. The van der Waals surface area contributed by atoms with Crippen LogP contribution in [0.15, 0.2) is 6.07 Å². The molecule has 0 bridgehead atoms. The molecule has 1 atom stereocenters. The van der Waals surface area contributed by atoms with Crippen molar-refractivity contribution in [1.82, 2.24) is 15.5 Å². The summed E-state index contributed by atoms with van der Waals surface area (Å²) >= 11 is 0. The van der Waals surface area contributed by atoms with Crippen LogP contribution < -0.4 is 5.32 Å². The summed E-state index contributed by atoms with van der Waals surface area (Å²) in [6.07, 6.45) is 6.55. The fourth-order valence-corrected chi connectivity index (χ4v) is 2.57. The first-order valence-corrected chi connectivity index (χ1v) is 8.45. The topological polar surface area (TPSA) is 67.0 Å². The first kappa shape index (κ1) is 18.7. The summed E-state index contributed by atoms with van der Waals surface area (Å²) in [5.41, 5.74) is 1.31. The molecule has 5 nitrogen and oxygen atoms in total. The molecular weight excluding hydrogens is 278 g/mol. The molecule has 0 aromatic carbocycles. The number of aromatic nitrogens is 2. The van der Waals surface area contributed by atoms with E-state index >= 15 is 0 Å². The number of carbonyl (C=O) groups excluding carboxylic acids is 1. The number of hydrogen-bond donors (Lipinski definition) is 2. The van der Waals surface area contributed by atoms with Crippen LogP contribution in [0.4, 0.5) is 0 Å². The monoisotopic (exact) mass is 309 g/mol. The zero-order valence-corrected chi connectivity index (χ0v) is 14.5. The molecule has 1 unspecified atom stereocenters. The molecule has 1 amide bonds. The van der Waals surface area contributed by atoms with Crippen molar-refractivity contribution in [2.45, 2.75) is 71.8 Å². The van der Waals surface area contributed by atoms with Crippen molar-refractivity contribution < 1.29 is 9.53 Å². The van der Waals surface area contributed by atoms with Gasteiger partial charge >= 0.3 is 0 Å². The number of amides is 1. The lowest BCUT2D eigenvalue weighted by Crippen LogP contribution is -2.31. The van der Waals surface area contributed by atoms with Gasteiger partial charge in [-0.2, -0.15) is 5.10 Å². The summed E-state index contributed by atoms with van der Waals surface area (Å²) in [7, 11) is 0. The minimum Gasteiger partial charge on any atom is -0.375 e. The van der Waals surface area contributed by atoms with Gasteiger partial charge in [-0.25, -0.2) is 0 Å². The van der Waals surface area contributed by atoms with Gasteiger partial charge in [0.1, 0.15) is 5.69 Å². The van der Waals surface area contributed by atoms with E-state index < -0.39 is 0 Å². The number of aromatic amines is 1. The molecule has 0 aliphatic heterocycles. The van der Waals surface area contributed by atoms with E-state index in [1.54, 1.807) is 6.07 Å². The van der Waals surface area contributed by atoms with E-state index in [1.165, 1.54) is 12.8 Å². The van der Waals surface area contributed by atoms with Crippen LogP contribution in [0.5, 0.6) is 0 Å². The Kier molecular flexibility index (Phi) is 8.17. The zero-order valence-electron chi connectivity index (χ0n) is 14.5. The Bertz CT molecular complexity index is 445. The quantitative estimate of drug-likeness (QED) is 0.614. The van der Waals surface area contributed by atoms with Gasteiger partial charge in [0.15, 0.2) is 0 Å². The highest BCUT2D eigenvalue weighted by molar-refractivity contribution is 5.92. The van der Waals surface area contributed by atoms with Gasteiger partial charge < -0.3 is 10.1 Å². The summed E-state index contributed by atoms with van der Waals surface area (Å²) in [6.45, 7) is 9.78. The third kappa shape index (κ3) is 6.60. The van der Waals surface area contributed by atoms with E-state index in [1.807, 2.05) is 6.92 Å². The molecule has 1 rings (SSSR count). The van der Waals surface area contributed by atoms with Crippen LogP contribution in [0, 0.1) is 6.92 Å². The molecule has 1 heterocycles. The van der Waals surface area contributed by atoms with Crippen molar-refractivity contribution in [2.75, 3.05) is 13.2 Å². The highest BCUT2D eigenvalue weighted by Crippen LogP contribution is 2.24. The SMILES string of the molecule is CCCCC(C)(CCC)OCCCNC(=O)c1cc(C)[nH]n1. The standard InChI is InChI=1S/C17H31N3O2/c1-5-7-10-17(4,9-6-2)22-12-8-11-18-16(21)15-13-14(3)19-20-15/h13H,5-12H2,1-4H3,(H,18,21)(H,19,20). The molecule has 0 spiro atoms. The fourth-order valence-electron chi connectivity index (χ4n) is 2.57. The Hall–Kier alpha value is -1.36. The summed E-state index contributed by atoms with van der Waals surface area (Å²) in [6, 6.07) is 1.74. The Balaban J connectivity index is 2.24. The molecule has 1 aromatic heterocycles. The van der Waals surface area contributed by atoms with E-state index in [0.717, 1.165) is 31.4 Å². The summed E-state index contributed by atoms with van der Waals surface area (Å²) < 4.78 is 6.09. The number of carbonyl (C=O) groups is 1. The predicted molar refractivity (Wildman–Crippen MR) is 89.1 cm³/mol. The fraction of sp³-hybridized carbons (Fsp3) is 0.765. The number of nitrogens with zero attached hydrogens (tertiary/aromatic N) is 1. The van der Waals surface area contributed by atoms with E-state index in [0.29, 0.717) is 18.8 Å². The second-order valence-corrected chi connectivity index (χ2v) is 6.20. The van der Waals surface area contributed by atoms with Crippen LogP contribution in [-0.4, -0.2) is 34.9 Å². The average molecular weight is 309 g/mol. The normalized spacial score (nSPS) is 13.8. The lowest BCUT2D eigenvalue weighted by atomic mass is 9.93. The molecule has 0 saturated carbocycles. The minimum atomic E-state index is -0.133. The van der Waals surface area contributed by atoms with Crippen molar-refractivity contribution in [3.05, 3.63) is 17.5 Å². The molecule has 1 aromatic rings. The van der Waals surface area contributed by atoms with Crippen molar-refractivity contribution in [1.29, 1.82) is 0 Å². The van der Waals surface area contributed by atoms with Crippen LogP contribution in [-0.2, 0) is 4.74 Å². The van der Waals surface area contributed by atoms with E-state index in [9.17, 15) is 4.79 Å². The number of hydrogen-bond acceptors (Lipinski definition) is 3. The molecule has 0 aliphatic carbocycles. The molecule has 126 valence electrons. The Morgan fingerprint density at radius 2 is 2.09 bits per heavy atom. The zero-order chi connectivity index (χ0) is 16.4. The molecule has 0 saturated heterocycles. The molecule has 0 radical (unpaired) electrons. The molecular formula is C17H31N3O2. The van der Waals surface area contributed by atoms with Gasteiger partial charge in [0.2, 0.25) is 0 Å². The van der Waals surface area contributed by atoms with E-state index in [4.69, 9.17) is 4.74 Å². The van der Waals surface area contributed by atoms with E-state index in [2.05, 4.69) is 36.3 Å². The van der Waals surface area contributed by atoms with Crippen LogP contribution >= 0.6 is 0 Å². The highest BCUT2D eigenvalue weighted by Gasteiger charge is 2.22. The molecule has 0 fully saturated rings. The van der Waals surface area contributed by atoms with Gasteiger partial charge in [-0.05, 0) is 39.2 Å². The van der Waals surface area contributed by atoms with Crippen molar-refractivity contribution in [3.63, 3.8) is 0 Å². The van der Waals surface area contributed by atoms with Gasteiger partial charge in [-0.1, -0.05) is 33.1 Å². The lowest BCUT2D eigenvalue weighted by molar-refractivity contribution is -0.0459. The number of rotatable bonds is 11. The molecule has 0 aliphatic rings. The van der Waals surface area contributed by atoms with Gasteiger partial charge in [0.05, 0.1) is 5.60 Å². The largest absolute Gasteiger partial charge is 0.375 e. The summed E-state index contributed by atoms with van der Waals surface area (Å²) in [4.78, 5) is 11.8. The molecule has 22 heavy (non-hydrogen) atoms. The van der Waals surface area contributed by atoms with Crippen LogP contribution in [0.3, 0.4) is 0 Å². The number of ether oxygens (including phenoxy) is 1. The van der Waals surface area contributed by atoms with Crippen molar-refractivity contribution >= 4 is 5.91 Å². The third-order valence-electron chi connectivity index (χ3n) is 3.83. The number of unbranched alkanes of at least 4 members (excludes halogenated alkanes) is 1. The second kappa shape index (κ2) is 9.62. The predicted octanol–water partition coefficient (Wildman–Crippen LogP) is 3.60. The maximum atomic E-state index is 11.8. The van der Waals surface area contributed by atoms with Crippen LogP contribution in [0.25, 0.3) is 0 Å². The molecule has 2 N–H and O–H groups in total. The van der Waals surface area contributed by atoms with Crippen LogP contribution in [0.2, 0.25) is 0 Å². The lowest BCUT2D eigenvalue weighted by Gasteiger charge is -2.30. The third-order valence-corrected chi connectivity index (χ3v) is 3.83. The van der Waals surface area contributed by atoms with Gasteiger partial charge in [0.25, 0.3) is 5.91 Å². The average Bonchev–Trinajstić information content (AvgIpc) is 2.92. The summed E-state index contributed by atoms with van der Waals surface area (Å²) in [5, 5.41) is 9.58. The first-order chi connectivity index (χ1) is 10.5. The van der Waals surface area contributed by atoms with Crippen LogP contribution in [0.1, 0.15) is 75.5 Å². The second-order valence-electron chi connectivity index (χ2n) is 6.20. The van der Waals surface area contributed by atoms with Gasteiger partial charge in [0, 0.05) is 18.8 Å². The minimum absolute atomic E-state index is 0.0198. The number of H-pyrrole nitrogens is 1. The maximum absolute atomic E-state index is 11.8. The van der Waals surface area contributed by atoms with E-state index in [-0.39, 0.29) is 11.5 Å². The Morgan fingerprint density at radius 3 is 2.68 bits per heavy atom. The first-order valence-electron chi connectivity index (χ1n) is 8.45. The van der Waals surface area contributed by atoms with Crippen molar-refractivity contribution in [3.8, 4) is 0 Å². The summed E-state index contributed by atoms with van der Waals surface area (Å²) in [5.74, 6) is -0.133. The number of nitrogens with one attached hydrogen (secondary N) is 2. The van der Waals surface area contributed by atoms with Gasteiger partial charge in [-0.15, -0.1) is 0 Å². The van der Waals surface area contributed by atoms with Crippen molar-refractivity contribution in [2.24, 2.45) is 0 Å². The Labute approximate surface area is 134 Å². The van der Waals surface area contributed by atoms with Gasteiger partial charge in [-0.3, -0.25) is 9.89 Å². The Morgan fingerprint density at radius 1 is 1.32 bits per heavy atom. The number of aryl methyl sites for hydroxylation is 1. The smallest absolute Gasteiger partial charge is 0.271 e.